The number of allylic oxidation sites excluding steroid dienone is 8. The van der Waals surface area contributed by atoms with Crippen LogP contribution in [0.1, 0.15) is 132 Å². The van der Waals surface area contributed by atoms with Crippen LogP contribution in [0.25, 0.3) is 0 Å². The van der Waals surface area contributed by atoms with E-state index in [4.69, 9.17) is 0 Å². The van der Waals surface area contributed by atoms with Crippen molar-refractivity contribution in [1.29, 1.82) is 0 Å². The van der Waals surface area contributed by atoms with Crippen molar-refractivity contribution in [3.05, 3.63) is 47.6 Å². The summed E-state index contributed by atoms with van der Waals surface area (Å²) in [5.41, 5.74) is 4.60. The van der Waals surface area contributed by atoms with E-state index in [9.17, 15) is 0 Å². The maximum atomic E-state index is 3.63. The zero-order chi connectivity index (χ0) is 25.0. The van der Waals surface area contributed by atoms with Gasteiger partial charge in [-0.2, -0.15) is 12.2 Å². The van der Waals surface area contributed by atoms with E-state index in [1.54, 1.807) is 0 Å². The van der Waals surface area contributed by atoms with Gasteiger partial charge in [-0.25, -0.2) is 23.3 Å². The Labute approximate surface area is 263 Å². The third-order valence-corrected chi connectivity index (χ3v) is 11.2. The summed E-state index contributed by atoms with van der Waals surface area (Å²) < 4.78 is 0. The van der Waals surface area contributed by atoms with Gasteiger partial charge < -0.3 is 24.8 Å². The van der Waals surface area contributed by atoms with Crippen molar-refractivity contribution in [3.8, 4) is 0 Å². The van der Waals surface area contributed by atoms with E-state index in [2.05, 4.69) is 91.8 Å². The van der Waals surface area contributed by atoms with Gasteiger partial charge in [0.25, 0.3) is 0 Å². The molecule has 0 amide bonds. The van der Waals surface area contributed by atoms with Crippen molar-refractivity contribution < 1.29 is 51.0 Å². The maximum Gasteiger partial charge on any atom is 4.00 e. The molecule has 0 aliphatic heterocycles. The molecule has 37 heavy (non-hydrogen) atoms. The predicted octanol–water partition coefficient (Wildman–Crippen LogP) is 4.62. The number of halogens is 2. The van der Waals surface area contributed by atoms with Crippen LogP contribution in [0, 0.1) is 45.6 Å². The quantitative estimate of drug-likeness (QED) is 0.379. The van der Waals surface area contributed by atoms with Crippen LogP contribution in [0.4, 0.5) is 0 Å². The van der Waals surface area contributed by atoms with Gasteiger partial charge in [0.2, 0.25) is 0 Å². The summed E-state index contributed by atoms with van der Waals surface area (Å²) in [4.78, 5) is 0. The summed E-state index contributed by atoms with van der Waals surface area (Å²) in [6.45, 7) is 19.4. The molecule has 208 valence electrons. The Balaban J connectivity index is 0.000000648. The van der Waals surface area contributed by atoms with E-state index in [0.717, 1.165) is 24.7 Å². The first-order chi connectivity index (χ1) is 16.0. The number of hydrogen-bond acceptors (Lipinski definition) is 0. The van der Waals surface area contributed by atoms with Crippen molar-refractivity contribution in [2.24, 2.45) is 33.5 Å². The molecule has 2 fully saturated rings. The maximum absolute atomic E-state index is 3.63. The molecule has 4 aliphatic rings. The van der Waals surface area contributed by atoms with Gasteiger partial charge in [0.05, 0.1) is 0 Å². The van der Waals surface area contributed by atoms with Crippen molar-refractivity contribution in [2.45, 2.75) is 132 Å². The summed E-state index contributed by atoms with van der Waals surface area (Å²) in [6, 6.07) is 0. The third kappa shape index (κ3) is 7.39. The van der Waals surface area contributed by atoms with E-state index >= 15 is 0 Å². The summed E-state index contributed by atoms with van der Waals surface area (Å²) in [5, 5.41) is 0. The topological polar surface area (TPSA) is 0 Å². The monoisotopic (exact) mass is 622 g/mol. The number of rotatable bonds is 6. The summed E-state index contributed by atoms with van der Waals surface area (Å²) in [5.74, 6) is 1.45. The molecule has 4 aliphatic carbocycles. The van der Waals surface area contributed by atoms with E-state index in [1.165, 1.54) is 75.4 Å². The van der Waals surface area contributed by atoms with E-state index in [0.29, 0.717) is 21.7 Å². The molecule has 0 aromatic carbocycles. The van der Waals surface area contributed by atoms with E-state index < -0.39 is 0 Å². The first kappa shape index (κ1) is 37.4. The second kappa shape index (κ2) is 15.4. The molecule has 0 saturated heterocycles. The molecular formula is C34H54Cl2Zr. The van der Waals surface area contributed by atoms with Crippen LogP contribution < -0.4 is 24.8 Å². The van der Waals surface area contributed by atoms with Gasteiger partial charge in [-0.1, -0.05) is 93.9 Å². The Kier molecular flexibility index (Phi) is 15.6. The first-order valence-corrected chi connectivity index (χ1v) is 14.6. The van der Waals surface area contributed by atoms with Gasteiger partial charge in [-0.3, -0.25) is 12.2 Å². The van der Waals surface area contributed by atoms with Crippen LogP contribution in [0.5, 0.6) is 0 Å². The van der Waals surface area contributed by atoms with Crippen LogP contribution in [-0.4, -0.2) is 0 Å². The molecule has 0 bridgehead atoms. The van der Waals surface area contributed by atoms with Gasteiger partial charge in [0.1, 0.15) is 0 Å². The smallest absolute Gasteiger partial charge is 1.00 e. The average Bonchev–Trinajstić information content (AvgIpc) is 3.55. The van der Waals surface area contributed by atoms with Gasteiger partial charge >= 0.3 is 26.2 Å². The zero-order valence-corrected chi connectivity index (χ0v) is 29.2. The molecule has 0 nitrogen and oxygen atoms in total. The van der Waals surface area contributed by atoms with Crippen LogP contribution in [0.3, 0.4) is 0 Å². The van der Waals surface area contributed by atoms with E-state index in [1.807, 2.05) is 0 Å². The SMILES string of the molecule is CC(C)C(C)(C)C1(C2=[C-]CC=C2)CCCCC1.CC(C)C(C)(C)C1(C2=[C-]CC=C2)CCCCC1.[Cl-].[Cl-].[Zr+4]. The fourth-order valence-corrected chi connectivity index (χ4v) is 7.40. The van der Waals surface area contributed by atoms with Crippen LogP contribution in [0.2, 0.25) is 0 Å². The van der Waals surface area contributed by atoms with Crippen molar-refractivity contribution in [3.63, 3.8) is 0 Å². The molecule has 4 rings (SSSR count). The van der Waals surface area contributed by atoms with E-state index in [-0.39, 0.29) is 51.0 Å². The summed E-state index contributed by atoms with van der Waals surface area (Å²) in [7, 11) is 0. The molecule has 3 heteroatoms. The number of hydrogen-bond donors (Lipinski definition) is 0. The molecule has 2 saturated carbocycles. The normalized spacial score (nSPS) is 22.2. The molecule has 0 heterocycles. The molecule has 0 spiro atoms. The van der Waals surface area contributed by atoms with Gasteiger partial charge in [-0.05, 0) is 59.2 Å². The molecule has 0 aromatic heterocycles. The predicted molar refractivity (Wildman–Crippen MR) is 149 cm³/mol. The minimum Gasteiger partial charge on any atom is -1.00 e. The van der Waals surface area contributed by atoms with Gasteiger partial charge in [0.15, 0.2) is 0 Å². The molecule has 0 unspecified atom stereocenters. The Morgan fingerprint density at radius 2 is 0.892 bits per heavy atom. The van der Waals surface area contributed by atoms with Crippen LogP contribution >= 0.6 is 0 Å². The Hall–Kier alpha value is 0.423. The molecule has 0 N–H and O–H groups in total. The molecular weight excluding hydrogens is 571 g/mol. The van der Waals surface area contributed by atoms with Gasteiger partial charge in [0, 0.05) is 0 Å². The average molecular weight is 625 g/mol. The largest absolute Gasteiger partial charge is 4.00 e. The minimum absolute atomic E-state index is 0. The van der Waals surface area contributed by atoms with Crippen LogP contribution in [0.15, 0.2) is 35.5 Å². The summed E-state index contributed by atoms with van der Waals surface area (Å²) in [6.07, 6.45) is 32.5. The summed E-state index contributed by atoms with van der Waals surface area (Å²) >= 11 is 0. The zero-order valence-electron chi connectivity index (χ0n) is 25.2. The third-order valence-electron chi connectivity index (χ3n) is 11.2. The Morgan fingerprint density at radius 1 is 0.595 bits per heavy atom. The first-order valence-electron chi connectivity index (χ1n) is 14.6. The van der Waals surface area contributed by atoms with Crippen molar-refractivity contribution in [2.75, 3.05) is 0 Å². The second-order valence-corrected chi connectivity index (χ2v) is 13.4. The fourth-order valence-electron chi connectivity index (χ4n) is 7.40. The Bertz CT molecular complexity index is 730. The van der Waals surface area contributed by atoms with Crippen molar-refractivity contribution in [1.82, 2.24) is 0 Å². The van der Waals surface area contributed by atoms with Crippen LogP contribution in [-0.2, 0) is 26.2 Å². The standard InChI is InChI=1S/2C17H27.2ClH.Zr/c2*1-14(2)16(3,4)17(12-8-5-9-13-17)15-10-6-7-11-15;;;/h2*6,10,14H,5,7-9,12-13H2,1-4H3;2*1H;/q2*-1;;;+4/p-2. The van der Waals surface area contributed by atoms with Crippen molar-refractivity contribution >= 4 is 0 Å². The molecule has 0 radical (unpaired) electrons. The fraction of sp³-hybridized carbons (Fsp3) is 0.765. The second-order valence-electron chi connectivity index (χ2n) is 13.4. The molecule has 0 aromatic rings. The Morgan fingerprint density at radius 3 is 1.11 bits per heavy atom. The minimum atomic E-state index is 0. The molecule has 0 atom stereocenters. The van der Waals surface area contributed by atoms with Gasteiger partial charge in [-0.15, -0.1) is 12.8 Å².